The third-order valence-corrected chi connectivity index (χ3v) is 5.61. The van der Waals surface area contributed by atoms with Gasteiger partial charge in [-0.05, 0) is 19.4 Å². The number of ether oxygens (including phenoxy) is 1. The molecular formula is C14H14BrClFNO5S. The summed E-state index contributed by atoms with van der Waals surface area (Å²) < 4.78 is 45.3. The summed E-state index contributed by atoms with van der Waals surface area (Å²) in [6.07, 6.45) is 0.317. The van der Waals surface area contributed by atoms with Gasteiger partial charge in [-0.25, -0.2) is 12.8 Å². The highest BCUT2D eigenvalue weighted by Crippen LogP contribution is 2.39. The van der Waals surface area contributed by atoms with Gasteiger partial charge in [-0.1, -0.05) is 39.7 Å². The van der Waals surface area contributed by atoms with Crippen LogP contribution in [0.25, 0.3) is 0 Å². The van der Waals surface area contributed by atoms with Crippen LogP contribution in [0.3, 0.4) is 0 Å². The molecule has 0 saturated heterocycles. The van der Waals surface area contributed by atoms with Gasteiger partial charge in [0.2, 0.25) is 27.3 Å². The molecule has 2 N–H and O–H groups in total. The fraction of sp³-hybridized carbons (Fsp3) is 0.357. The summed E-state index contributed by atoms with van der Waals surface area (Å²) >= 11 is 8.81. The highest BCUT2D eigenvalue weighted by atomic mass is 79.9. The third-order valence-electron chi connectivity index (χ3n) is 3.43. The summed E-state index contributed by atoms with van der Waals surface area (Å²) in [5.41, 5.74) is -2.13. The molecule has 132 valence electrons. The van der Waals surface area contributed by atoms with Gasteiger partial charge in [-0.2, -0.15) is 0 Å². The lowest BCUT2D eigenvalue weighted by Crippen LogP contribution is -2.33. The number of hydrogen-bond acceptors (Lipinski definition) is 5. The molecule has 1 heterocycles. The number of hydrogen-bond donors (Lipinski definition) is 2. The maximum atomic E-state index is 14.2. The Bertz CT molecular complexity index is 813. The number of rotatable bonds is 6. The molecule has 10 heteroatoms. The van der Waals surface area contributed by atoms with Crippen LogP contribution in [-0.2, 0) is 25.2 Å². The van der Waals surface area contributed by atoms with Crippen LogP contribution in [0.1, 0.15) is 18.9 Å². The average molecular weight is 443 g/mol. The predicted octanol–water partition coefficient (Wildman–Crippen LogP) is 2.73. The van der Waals surface area contributed by atoms with Crippen molar-refractivity contribution in [1.82, 2.24) is 4.72 Å². The molecule has 1 unspecified atom stereocenters. The summed E-state index contributed by atoms with van der Waals surface area (Å²) in [5, 5.41) is 10.2. The van der Waals surface area contributed by atoms with Gasteiger partial charge in [0.1, 0.15) is 5.82 Å². The lowest BCUT2D eigenvalue weighted by Gasteiger charge is -2.24. The Morgan fingerprint density at radius 2 is 2.12 bits per heavy atom. The Hall–Kier alpha value is -1.32. The normalized spacial score (nSPS) is 21.1. The molecule has 1 aliphatic heterocycles. The van der Waals surface area contributed by atoms with Crippen LogP contribution in [0.5, 0.6) is 0 Å². The first kappa shape index (κ1) is 19.0. The highest BCUT2D eigenvalue weighted by Gasteiger charge is 2.50. The topological polar surface area (TPSA) is 92.7 Å². The summed E-state index contributed by atoms with van der Waals surface area (Å²) in [7, 11) is -3.83. The third kappa shape index (κ3) is 3.52. The number of ketones is 1. The summed E-state index contributed by atoms with van der Waals surface area (Å²) in [4.78, 5) is 12.3. The molecule has 1 aromatic rings. The zero-order valence-corrected chi connectivity index (χ0v) is 15.6. The molecule has 0 bridgehead atoms. The van der Waals surface area contributed by atoms with Crippen molar-refractivity contribution in [2.45, 2.75) is 18.9 Å². The zero-order chi connectivity index (χ0) is 18.1. The van der Waals surface area contributed by atoms with Crippen molar-refractivity contribution in [2.75, 3.05) is 11.1 Å². The molecule has 0 amide bonds. The van der Waals surface area contributed by atoms with E-state index in [2.05, 4.69) is 15.9 Å². The number of aliphatic hydroxyl groups excluding tert-OH is 1. The van der Waals surface area contributed by atoms with Crippen molar-refractivity contribution in [3.8, 4) is 0 Å². The SMILES string of the molecule is CC1(c2cccc(Cl)c2F)OC(NS(=O)(=O)CCCBr)=C(O)C1=O. The first-order valence-electron chi connectivity index (χ1n) is 6.80. The van der Waals surface area contributed by atoms with E-state index in [4.69, 9.17) is 16.3 Å². The van der Waals surface area contributed by atoms with E-state index in [1.165, 1.54) is 25.1 Å². The fourth-order valence-electron chi connectivity index (χ4n) is 2.18. The number of carbonyl (C=O) groups is 1. The molecule has 0 spiro atoms. The van der Waals surface area contributed by atoms with Gasteiger partial charge in [0.25, 0.3) is 5.78 Å². The lowest BCUT2D eigenvalue weighted by molar-refractivity contribution is -0.132. The molecule has 0 radical (unpaired) electrons. The van der Waals surface area contributed by atoms with Gasteiger partial charge < -0.3 is 9.84 Å². The van der Waals surface area contributed by atoms with E-state index in [9.17, 15) is 22.7 Å². The summed E-state index contributed by atoms with van der Waals surface area (Å²) in [6, 6.07) is 3.98. The lowest BCUT2D eigenvalue weighted by atomic mass is 9.91. The first-order chi connectivity index (χ1) is 11.1. The second kappa shape index (κ2) is 6.89. The van der Waals surface area contributed by atoms with Crippen LogP contribution in [0.4, 0.5) is 4.39 Å². The van der Waals surface area contributed by atoms with E-state index >= 15 is 0 Å². The van der Waals surface area contributed by atoms with Gasteiger partial charge in [0.05, 0.1) is 10.8 Å². The molecule has 1 aliphatic rings. The van der Waals surface area contributed by atoms with Crippen LogP contribution in [-0.4, -0.2) is 30.4 Å². The van der Waals surface area contributed by atoms with Crippen LogP contribution in [0, 0.1) is 5.82 Å². The minimum absolute atomic E-state index is 0.207. The average Bonchev–Trinajstić information content (AvgIpc) is 2.72. The minimum Gasteiger partial charge on any atom is -0.501 e. The molecule has 0 fully saturated rings. The number of sulfonamides is 1. The van der Waals surface area contributed by atoms with Crippen molar-refractivity contribution in [3.63, 3.8) is 0 Å². The van der Waals surface area contributed by atoms with E-state index in [0.717, 1.165) is 0 Å². The maximum absolute atomic E-state index is 14.2. The van der Waals surface area contributed by atoms with Gasteiger partial charge in [-0.3, -0.25) is 9.52 Å². The first-order valence-corrected chi connectivity index (χ1v) is 9.95. The highest BCUT2D eigenvalue weighted by molar-refractivity contribution is 9.09. The summed E-state index contributed by atoms with van der Waals surface area (Å²) in [6.45, 7) is 1.22. The fourth-order valence-corrected chi connectivity index (χ4v) is 4.06. The number of carbonyl (C=O) groups excluding carboxylic acids is 1. The zero-order valence-electron chi connectivity index (χ0n) is 12.5. The van der Waals surface area contributed by atoms with E-state index in [-0.39, 0.29) is 16.3 Å². The Labute approximate surface area is 151 Å². The van der Waals surface area contributed by atoms with Gasteiger partial charge >= 0.3 is 0 Å². The second-order valence-corrected chi connectivity index (χ2v) is 8.25. The number of halogens is 3. The minimum atomic E-state index is -3.83. The number of aliphatic hydroxyl groups is 1. The standard InChI is InChI=1S/C14H14BrClFNO5S/c1-14(8-4-2-5-9(16)10(8)17)12(20)11(19)13(23-14)18-24(21,22)7-3-6-15/h2,4-5,18-19H,3,6-7H2,1H3. The van der Waals surface area contributed by atoms with Gasteiger partial charge in [0.15, 0.2) is 0 Å². The molecule has 6 nitrogen and oxygen atoms in total. The smallest absolute Gasteiger partial charge is 0.250 e. The maximum Gasteiger partial charge on any atom is 0.250 e. The molecule has 1 aromatic carbocycles. The van der Waals surface area contributed by atoms with E-state index in [1.807, 2.05) is 4.72 Å². The Morgan fingerprint density at radius 3 is 2.75 bits per heavy atom. The quantitative estimate of drug-likeness (QED) is 0.661. The van der Waals surface area contributed by atoms with Crippen molar-refractivity contribution in [1.29, 1.82) is 0 Å². The van der Waals surface area contributed by atoms with Crippen LogP contribution >= 0.6 is 27.5 Å². The largest absolute Gasteiger partial charge is 0.501 e. The van der Waals surface area contributed by atoms with Crippen molar-refractivity contribution in [3.05, 3.63) is 46.2 Å². The molecule has 1 atom stereocenters. The number of Topliss-reactive ketones (excluding diaryl/α,β-unsaturated/α-hetero) is 1. The van der Waals surface area contributed by atoms with Crippen molar-refractivity contribution in [2.24, 2.45) is 0 Å². The summed E-state index contributed by atoms with van der Waals surface area (Å²) in [5.74, 6) is -3.64. The van der Waals surface area contributed by atoms with E-state index in [0.29, 0.717) is 11.8 Å². The number of benzene rings is 1. The molecular weight excluding hydrogens is 429 g/mol. The van der Waals surface area contributed by atoms with E-state index < -0.39 is 38.9 Å². The predicted molar refractivity (Wildman–Crippen MR) is 89.8 cm³/mol. The van der Waals surface area contributed by atoms with Gasteiger partial charge in [0, 0.05) is 10.9 Å². The van der Waals surface area contributed by atoms with Crippen LogP contribution in [0.15, 0.2) is 29.8 Å². The van der Waals surface area contributed by atoms with Crippen LogP contribution in [0.2, 0.25) is 5.02 Å². The molecule has 2 rings (SSSR count). The van der Waals surface area contributed by atoms with Crippen molar-refractivity contribution >= 4 is 43.3 Å². The molecule has 0 aromatic heterocycles. The monoisotopic (exact) mass is 441 g/mol. The molecule has 0 saturated carbocycles. The molecule has 0 aliphatic carbocycles. The Balaban J connectivity index is 2.34. The second-order valence-electron chi connectivity index (χ2n) is 5.21. The van der Waals surface area contributed by atoms with Crippen LogP contribution < -0.4 is 4.72 Å². The Morgan fingerprint density at radius 1 is 1.46 bits per heavy atom. The van der Waals surface area contributed by atoms with E-state index in [1.54, 1.807) is 0 Å². The van der Waals surface area contributed by atoms with Crippen molar-refractivity contribution < 1.29 is 27.4 Å². The molecule has 24 heavy (non-hydrogen) atoms. The van der Waals surface area contributed by atoms with Gasteiger partial charge in [-0.15, -0.1) is 0 Å². The number of alkyl halides is 1. The number of nitrogens with one attached hydrogen (secondary N) is 1. The Kier molecular flexibility index (Phi) is 5.46.